The molecule has 1 aromatic carbocycles. The van der Waals surface area contributed by atoms with Crippen molar-refractivity contribution >= 4 is 21.0 Å². The second-order valence-corrected chi connectivity index (χ2v) is 4.96. The summed E-state index contributed by atoms with van der Waals surface area (Å²) >= 11 is 0. The molecule has 1 heterocycles. The number of H-pyrrole nitrogens is 2. The Labute approximate surface area is 94.9 Å². The fourth-order valence-corrected chi connectivity index (χ4v) is 2.33. The van der Waals surface area contributed by atoms with Crippen LogP contribution in [0.3, 0.4) is 0 Å². The molecule has 0 atom stereocenters. The number of rotatable bonds is 1. The highest BCUT2D eigenvalue weighted by atomic mass is 32.2. The van der Waals surface area contributed by atoms with E-state index < -0.39 is 26.3 Å². The first-order valence-corrected chi connectivity index (χ1v) is 5.97. The van der Waals surface area contributed by atoms with Gasteiger partial charge in [0.15, 0.2) is 0 Å². The van der Waals surface area contributed by atoms with Gasteiger partial charge in [-0.2, -0.15) is 8.42 Å². The molecule has 0 saturated carbocycles. The second-order valence-electron chi connectivity index (χ2n) is 3.57. The van der Waals surface area contributed by atoms with Gasteiger partial charge in [0.25, 0.3) is 15.7 Å². The zero-order valence-corrected chi connectivity index (χ0v) is 9.46. The summed E-state index contributed by atoms with van der Waals surface area (Å²) in [4.78, 5) is 26.2. The Balaban J connectivity index is 3.15. The normalized spacial score (nSPS) is 11.9. The Morgan fingerprint density at radius 1 is 1.18 bits per heavy atom. The Morgan fingerprint density at radius 2 is 1.82 bits per heavy atom. The van der Waals surface area contributed by atoms with E-state index in [1.807, 2.05) is 4.98 Å². The van der Waals surface area contributed by atoms with Gasteiger partial charge in [-0.15, -0.1) is 0 Å². The number of nitrogens with one attached hydrogen (secondary N) is 2. The molecule has 0 amide bonds. The average molecular weight is 256 g/mol. The number of hydrogen-bond acceptors (Lipinski definition) is 4. The average Bonchev–Trinajstić information content (AvgIpc) is 2.16. The monoisotopic (exact) mass is 256 g/mol. The fraction of sp³-hybridized carbons (Fsp3) is 0.111. The number of aromatic amines is 2. The van der Waals surface area contributed by atoms with Crippen molar-refractivity contribution in [1.82, 2.24) is 9.97 Å². The zero-order valence-electron chi connectivity index (χ0n) is 8.64. The predicted molar refractivity (Wildman–Crippen MR) is 59.7 cm³/mol. The van der Waals surface area contributed by atoms with E-state index in [0.717, 1.165) is 0 Å². The summed E-state index contributed by atoms with van der Waals surface area (Å²) in [5.41, 5.74) is -1.27. The van der Waals surface area contributed by atoms with Crippen LogP contribution in [0.25, 0.3) is 10.9 Å². The van der Waals surface area contributed by atoms with Crippen molar-refractivity contribution in [3.8, 4) is 0 Å². The van der Waals surface area contributed by atoms with Crippen molar-refractivity contribution in [2.24, 2.45) is 0 Å². The molecule has 0 aliphatic heterocycles. The highest BCUT2D eigenvalue weighted by Gasteiger charge is 2.17. The first-order chi connectivity index (χ1) is 7.79. The van der Waals surface area contributed by atoms with E-state index in [2.05, 4.69) is 4.98 Å². The van der Waals surface area contributed by atoms with E-state index in [-0.39, 0.29) is 10.9 Å². The van der Waals surface area contributed by atoms with Gasteiger partial charge in [-0.3, -0.25) is 14.3 Å². The van der Waals surface area contributed by atoms with Crippen molar-refractivity contribution in [1.29, 1.82) is 0 Å². The molecule has 0 fully saturated rings. The summed E-state index contributed by atoms with van der Waals surface area (Å²) in [5, 5.41) is -0.00257. The molecule has 2 rings (SSSR count). The van der Waals surface area contributed by atoms with Gasteiger partial charge in [-0.25, -0.2) is 4.79 Å². The Bertz CT molecular complexity index is 815. The lowest BCUT2D eigenvalue weighted by atomic mass is 10.2. The first-order valence-electron chi connectivity index (χ1n) is 4.53. The minimum absolute atomic E-state index is 0.00257. The van der Waals surface area contributed by atoms with E-state index in [9.17, 15) is 18.0 Å². The number of benzene rings is 1. The molecule has 3 N–H and O–H groups in total. The number of aromatic nitrogens is 2. The zero-order chi connectivity index (χ0) is 12.8. The van der Waals surface area contributed by atoms with Crippen LogP contribution in [0.15, 0.2) is 26.6 Å². The predicted octanol–water partition coefficient (Wildman–Crippen LogP) is -0.228. The molecule has 0 spiro atoms. The van der Waals surface area contributed by atoms with E-state index in [1.54, 1.807) is 6.92 Å². The van der Waals surface area contributed by atoms with Gasteiger partial charge in [0.2, 0.25) is 0 Å². The molecule has 0 aliphatic carbocycles. The molecule has 2 aromatic rings. The van der Waals surface area contributed by atoms with Crippen LogP contribution < -0.4 is 11.2 Å². The van der Waals surface area contributed by atoms with E-state index in [0.29, 0.717) is 5.56 Å². The van der Waals surface area contributed by atoms with Gasteiger partial charge in [0.05, 0.1) is 10.9 Å². The SMILES string of the molecule is Cc1cc(S(=O)(=O)O)c2[nH]c(=O)[nH]c(=O)c2c1. The van der Waals surface area contributed by atoms with Crippen molar-refractivity contribution in [3.63, 3.8) is 0 Å². The van der Waals surface area contributed by atoms with Crippen LogP contribution in [0.4, 0.5) is 0 Å². The molecule has 90 valence electrons. The lowest BCUT2D eigenvalue weighted by Gasteiger charge is -2.04. The maximum atomic E-state index is 11.5. The molecule has 8 heteroatoms. The van der Waals surface area contributed by atoms with Crippen LogP contribution in [-0.4, -0.2) is 22.9 Å². The third-order valence-corrected chi connectivity index (χ3v) is 3.11. The fourth-order valence-electron chi connectivity index (χ4n) is 1.58. The van der Waals surface area contributed by atoms with Crippen LogP contribution in [0, 0.1) is 6.92 Å². The molecule has 1 aromatic heterocycles. The summed E-state index contributed by atoms with van der Waals surface area (Å²) in [6, 6.07) is 2.59. The number of fused-ring (bicyclic) bond motifs is 1. The molecular formula is C9H8N2O5S. The molecule has 0 radical (unpaired) electrons. The van der Waals surface area contributed by atoms with E-state index in [4.69, 9.17) is 4.55 Å². The molecule has 0 bridgehead atoms. The molecule has 0 aliphatic rings. The van der Waals surface area contributed by atoms with Crippen LogP contribution in [0.2, 0.25) is 0 Å². The van der Waals surface area contributed by atoms with Crippen LogP contribution >= 0.6 is 0 Å². The van der Waals surface area contributed by atoms with Crippen molar-refractivity contribution in [2.75, 3.05) is 0 Å². The second kappa shape index (κ2) is 3.54. The molecular weight excluding hydrogens is 248 g/mol. The highest BCUT2D eigenvalue weighted by molar-refractivity contribution is 7.86. The lowest BCUT2D eigenvalue weighted by Crippen LogP contribution is -2.23. The van der Waals surface area contributed by atoms with E-state index >= 15 is 0 Å². The van der Waals surface area contributed by atoms with Gasteiger partial charge < -0.3 is 4.98 Å². The van der Waals surface area contributed by atoms with Crippen LogP contribution in [0.1, 0.15) is 5.56 Å². The topological polar surface area (TPSA) is 120 Å². The first kappa shape index (κ1) is 11.6. The van der Waals surface area contributed by atoms with Crippen molar-refractivity contribution in [2.45, 2.75) is 11.8 Å². The van der Waals surface area contributed by atoms with Crippen molar-refractivity contribution in [3.05, 3.63) is 38.5 Å². The van der Waals surface area contributed by atoms with Gasteiger partial charge in [0.1, 0.15) is 4.90 Å². The number of hydrogen-bond donors (Lipinski definition) is 3. The summed E-state index contributed by atoms with van der Waals surface area (Å²) in [6.45, 7) is 1.57. The van der Waals surface area contributed by atoms with Crippen LogP contribution in [0.5, 0.6) is 0 Å². The Hall–Kier alpha value is -1.93. The van der Waals surface area contributed by atoms with Gasteiger partial charge in [0, 0.05) is 0 Å². The van der Waals surface area contributed by atoms with Crippen molar-refractivity contribution < 1.29 is 13.0 Å². The molecule has 0 saturated heterocycles. The molecule has 17 heavy (non-hydrogen) atoms. The van der Waals surface area contributed by atoms with E-state index in [1.165, 1.54) is 12.1 Å². The Kier molecular flexibility index (Phi) is 2.40. The minimum atomic E-state index is -4.51. The number of aryl methyl sites for hydroxylation is 1. The maximum absolute atomic E-state index is 11.5. The minimum Gasteiger partial charge on any atom is -0.305 e. The summed E-state index contributed by atoms with van der Waals surface area (Å²) in [7, 11) is -4.51. The standard InChI is InChI=1S/C9H8N2O5S/c1-4-2-5-7(6(3-4)17(14,15)16)10-9(13)11-8(5)12/h2-3H,1H3,(H,14,15,16)(H2,10,11,12,13). The smallest absolute Gasteiger partial charge is 0.305 e. The maximum Gasteiger partial charge on any atom is 0.326 e. The quantitative estimate of drug-likeness (QED) is 0.609. The molecule has 7 nitrogen and oxygen atoms in total. The molecule has 0 unspecified atom stereocenters. The Morgan fingerprint density at radius 3 is 2.41 bits per heavy atom. The summed E-state index contributed by atoms with van der Waals surface area (Å²) in [6.07, 6.45) is 0. The van der Waals surface area contributed by atoms with Gasteiger partial charge in [-0.05, 0) is 24.6 Å². The van der Waals surface area contributed by atoms with Crippen LogP contribution in [-0.2, 0) is 10.1 Å². The highest BCUT2D eigenvalue weighted by Crippen LogP contribution is 2.19. The van der Waals surface area contributed by atoms with Gasteiger partial charge in [-0.1, -0.05) is 0 Å². The lowest BCUT2D eigenvalue weighted by molar-refractivity contribution is 0.484. The summed E-state index contributed by atoms with van der Waals surface area (Å²) < 4.78 is 31.3. The van der Waals surface area contributed by atoms with Gasteiger partial charge >= 0.3 is 5.69 Å². The third-order valence-electron chi connectivity index (χ3n) is 2.23. The third kappa shape index (κ3) is 1.99. The largest absolute Gasteiger partial charge is 0.326 e. The summed E-state index contributed by atoms with van der Waals surface area (Å²) in [5.74, 6) is 0.